The maximum absolute atomic E-state index is 13.6. The molecule has 0 unspecified atom stereocenters. The summed E-state index contributed by atoms with van der Waals surface area (Å²) in [4.78, 5) is 28.8. The Morgan fingerprint density at radius 3 is 2.33 bits per heavy atom. The molecule has 9 heteroatoms. The summed E-state index contributed by atoms with van der Waals surface area (Å²) in [5, 5.41) is 11.0. The highest BCUT2D eigenvalue weighted by Crippen LogP contribution is 2.38. The highest BCUT2D eigenvalue weighted by molar-refractivity contribution is 5.94. The smallest absolute Gasteiger partial charge is 0.272 e. The first kappa shape index (κ1) is 28.9. The fourth-order valence-electron chi connectivity index (χ4n) is 5.39. The van der Waals surface area contributed by atoms with Crippen LogP contribution in [-0.2, 0) is 11.3 Å². The van der Waals surface area contributed by atoms with Gasteiger partial charge in [0.25, 0.3) is 5.91 Å². The lowest BCUT2D eigenvalue weighted by Crippen LogP contribution is -2.45. The average Bonchev–Trinajstić information content (AvgIpc) is 3.32. The SMILES string of the molecule is COc1cccc(OC)c1-c1cc(C(=O)N[C@@H](CCN2CCCCC2)CC(=O)NC2CCC2)nn1CC(C)C. The van der Waals surface area contributed by atoms with Crippen LogP contribution >= 0.6 is 0 Å². The van der Waals surface area contributed by atoms with Crippen LogP contribution in [0, 0.1) is 5.92 Å². The summed E-state index contributed by atoms with van der Waals surface area (Å²) in [7, 11) is 3.24. The lowest BCUT2D eigenvalue weighted by molar-refractivity contribution is -0.122. The number of likely N-dealkylation sites (tertiary alicyclic amines) is 1. The molecule has 2 aliphatic rings. The van der Waals surface area contributed by atoms with Gasteiger partial charge in [-0.25, -0.2) is 0 Å². The molecule has 1 aromatic heterocycles. The van der Waals surface area contributed by atoms with Crippen molar-refractivity contribution in [2.45, 2.75) is 83.8 Å². The van der Waals surface area contributed by atoms with Crippen molar-refractivity contribution in [3.8, 4) is 22.8 Å². The zero-order chi connectivity index (χ0) is 27.8. The van der Waals surface area contributed by atoms with E-state index in [1.807, 2.05) is 22.9 Å². The topological polar surface area (TPSA) is 97.7 Å². The number of nitrogens with zero attached hydrogens (tertiary/aromatic N) is 3. The first-order valence-electron chi connectivity index (χ1n) is 14.5. The van der Waals surface area contributed by atoms with Crippen molar-refractivity contribution in [2.24, 2.45) is 5.92 Å². The Morgan fingerprint density at radius 1 is 1.05 bits per heavy atom. The number of methoxy groups -OCH3 is 2. The van der Waals surface area contributed by atoms with Gasteiger partial charge >= 0.3 is 0 Å². The predicted molar refractivity (Wildman–Crippen MR) is 152 cm³/mol. The molecule has 1 aliphatic carbocycles. The van der Waals surface area contributed by atoms with Crippen LogP contribution in [0.5, 0.6) is 11.5 Å². The fraction of sp³-hybridized carbons (Fsp3) is 0.633. The number of nitrogens with one attached hydrogen (secondary N) is 2. The standard InChI is InChI=1S/C30H45N5O4/c1-21(2)20-35-25(29-26(38-3)12-9-13-27(29)39-4)19-24(33-35)30(37)32-23(14-17-34-15-6-5-7-16-34)18-28(36)31-22-10-8-11-22/h9,12-13,19,21-23H,5-8,10-11,14-18,20H2,1-4H3,(H,31,36)(H,32,37)/t23-/m0/s1. The van der Waals surface area contributed by atoms with Crippen molar-refractivity contribution in [1.29, 1.82) is 0 Å². The molecule has 1 saturated heterocycles. The summed E-state index contributed by atoms with van der Waals surface area (Å²) in [6.07, 6.45) is 7.94. The third kappa shape index (κ3) is 7.75. The van der Waals surface area contributed by atoms with Crippen LogP contribution in [-0.4, -0.2) is 72.4 Å². The van der Waals surface area contributed by atoms with Crippen molar-refractivity contribution in [3.05, 3.63) is 30.0 Å². The van der Waals surface area contributed by atoms with Gasteiger partial charge in [-0.3, -0.25) is 14.3 Å². The van der Waals surface area contributed by atoms with Gasteiger partial charge in [-0.2, -0.15) is 5.10 Å². The summed E-state index contributed by atoms with van der Waals surface area (Å²) in [6.45, 7) is 7.89. The lowest BCUT2D eigenvalue weighted by atomic mass is 9.93. The first-order chi connectivity index (χ1) is 18.9. The van der Waals surface area contributed by atoms with Gasteiger partial charge < -0.3 is 25.0 Å². The van der Waals surface area contributed by atoms with E-state index in [9.17, 15) is 9.59 Å². The highest BCUT2D eigenvalue weighted by Gasteiger charge is 2.26. The van der Waals surface area contributed by atoms with E-state index >= 15 is 0 Å². The third-order valence-corrected chi connectivity index (χ3v) is 7.71. The van der Waals surface area contributed by atoms with Crippen molar-refractivity contribution in [1.82, 2.24) is 25.3 Å². The van der Waals surface area contributed by atoms with Crippen LogP contribution in [0.2, 0.25) is 0 Å². The minimum absolute atomic E-state index is 0.00780. The Hall–Kier alpha value is -3.07. The normalized spacial score (nSPS) is 16.9. The van der Waals surface area contributed by atoms with E-state index in [2.05, 4.69) is 29.4 Å². The van der Waals surface area contributed by atoms with Gasteiger partial charge in [0, 0.05) is 31.6 Å². The minimum atomic E-state index is -0.271. The Morgan fingerprint density at radius 2 is 1.74 bits per heavy atom. The van der Waals surface area contributed by atoms with Gasteiger partial charge in [-0.1, -0.05) is 26.3 Å². The second-order valence-electron chi connectivity index (χ2n) is 11.3. The quantitative estimate of drug-likeness (QED) is 0.395. The molecule has 2 fully saturated rings. The number of hydrogen-bond donors (Lipinski definition) is 2. The van der Waals surface area contributed by atoms with Crippen molar-refractivity contribution in [3.63, 3.8) is 0 Å². The Kier molecular flexibility index (Phi) is 10.3. The molecule has 2 aromatic rings. The van der Waals surface area contributed by atoms with Crippen LogP contribution in [0.4, 0.5) is 0 Å². The second-order valence-corrected chi connectivity index (χ2v) is 11.3. The van der Waals surface area contributed by atoms with Crippen molar-refractivity contribution < 1.29 is 19.1 Å². The molecule has 2 amide bonds. The first-order valence-corrected chi connectivity index (χ1v) is 14.5. The number of carbonyl (C=O) groups excluding carboxylic acids is 2. The highest BCUT2D eigenvalue weighted by atomic mass is 16.5. The molecule has 0 bridgehead atoms. The number of aromatic nitrogens is 2. The largest absolute Gasteiger partial charge is 0.496 e. The molecule has 4 rings (SSSR count). The molecular formula is C30H45N5O4. The number of ether oxygens (including phenoxy) is 2. The second kappa shape index (κ2) is 13.8. The van der Waals surface area contributed by atoms with E-state index in [0.29, 0.717) is 29.7 Å². The predicted octanol–water partition coefficient (Wildman–Crippen LogP) is 4.26. The van der Waals surface area contributed by atoms with Gasteiger partial charge in [0.2, 0.25) is 5.91 Å². The summed E-state index contributed by atoms with van der Waals surface area (Å²) in [5.41, 5.74) is 1.84. The molecule has 2 N–H and O–H groups in total. The molecule has 0 radical (unpaired) electrons. The van der Waals surface area contributed by atoms with Crippen LogP contribution in [0.1, 0.15) is 75.7 Å². The number of carbonyl (C=O) groups is 2. The van der Waals surface area contributed by atoms with E-state index in [1.165, 1.54) is 25.7 Å². The van der Waals surface area contributed by atoms with E-state index in [1.54, 1.807) is 20.3 Å². The average molecular weight is 540 g/mol. The van der Waals surface area contributed by atoms with E-state index in [4.69, 9.17) is 14.6 Å². The van der Waals surface area contributed by atoms with Crippen molar-refractivity contribution >= 4 is 11.8 Å². The molecule has 39 heavy (non-hydrogen) atoms. The van der Waals surface area contributed by atoms with Gasteiger partial charge in [-0.15, -0.1) is 0 Å². The molecule has 9 nitrogen and oxygen atoms in total. The summed E-state index contributed by atoms with van der Waals surface area (Å²) >= 11 is 0. The Labute approximate surface area is 232 Å². The maximum atomic E-state index is 13.6. The molecule has 0 spiro atoms. The van der Waals surface area contributed by atoms with Crippen LogP contribution in [0.15, 0.2) is 24.3 Å². The molecule has 1 aliphatic heterocycles. The van der Waals surface area contributed by atoms with E-state index in [0.717, 1.165) is 50.2 Å². The molecule has 214 valence electrons. The molecule has 1 saturated carbocycles. The summed E-state index contributed by atoms with van der Waals surface area (Å²) < 4.78 is 13.1. The number of benzene rings is 1. The number of amides is 2. The monoisotopic (exact) mass is 539 g/mol. The fourth-order valence-corrected chi connectivity index (χ4v) is 5.39. The van der Waals surface area contributed by atoms with E-state index in [-0.39, 0.29) is 30.3 Å². The third-order valence-electron chi connectivity index (χ3n) is 7.71. The van der Waals surface area contributed by atoms with Gasteiger partial charge in [-0.05, 0) is 75.7 Å². The maximum Gasteiger partial charge on any atom is 0.272 e. The van der Waals surface area contributed by atoms with E-state index < -0.39 is 0 Å². The molecular weight excluding hydrogens is 494 g/mol. The van der Waals surface area contributed by atoms with Crippen LogP contribution < -0.4 is 20.1 Å². The summed E-state index contributed by atoms with van der Waals surface area (Å²) in [5.74, 6) is 1.35. The minimum Gasteiger partial charge on any atom is -0.496 e. The van der Waals surface area contributed by atoms with Gasteiger partial charge in [0.1, 0.15) is 11.5 Å². The number of hydrogen-bond acceptors (Lipinski definition) is 6. The van der Waals surface area contributed by atoms with Crippen molar-refractivity contribution in [2.75, 3.05) is 33.9 Å². The Bertz CT molecular complexity index is 1080. The number of piperidine rings is 1. The molecule has 1 aromatic carbocycles. The van der Waals surface area contributed by atoms with Gasteiger partial charge in [0.05, 0.1) is 25.5 Å². The zero-order valence-electron chi connectivity index (χ0n) is 24.0. The molecule has 2 heterocycles. The molecule has 1 atom stereocenters. The summed E-state index contributed by atoms with van der Waals surface area (Å²) in [6, 6.07) is 7.44. The number of rotatable bonds is 13. The van der Waals surface area contributed by atoms with Crippen LogP contribution in [0.3, 0.4) is 0 Å². The van der Waals surface area contributed by atoms with Gasteiger partial charge in [0.15, 0.2) is 5.69 Å². The lowest BCUT2D eigenvalue weighted by Gasteiger charge is -2.29. The Balaban J connectivity index is 1.55. The van der Waals surface area contributed by atoms with Crippen LogP contribution in [0.25, 0.3) is 11.3 Å². The zero-order valence-corrected chi connectivity index (χ0v) is 24.0.